The highest BCUT2D eigenvalue weighted by Gasteiger charge is 2.13. The number of nitrogens with one attached hydrogen (secondary N) is 3. The standard InChI is InChI=1S/C17H27FN4O2.HI/c1-5-19-16(21-10-15(24)22-17(2,3)4)20-9-12-6-7-14(18)13(8-12)11-23;/h6-8,23H,5,9-11H2,1-4H3,(H,22,24)(H2,19,20,21);1H. The Labute approximate surface area is 165 Å². The highest BCUT2D eigenvalue weighted by Crippen LogP contribution is 2.11. The fourth-order valence-corrected chi connectivity index (χ4v) is 1.99. The Morgan fingerprint density at radius 1 is 1.28 bits per heavy atom. The van der Waals surface area contributed by atoms with E-state index in [0.29, 0.717) is 19.0 Å². The van der Waals surface area contributed by atoms with Crippen LogP contribution in [0.25, 0.3) is 0 Å². The third kappa shape index (κ3) is 9.59. The highest BCUT2D eigenvalue weighted by atomic mass is 127. The molecule has 8 heteroatoms. The second-order valence-corrected chi connectivity index (χ2v) is 6.43. The first-order chi connectivity index (χ1) is 11.2. The number of hydrogen-bond donors (Lipinski definition) is 4. The molecule has 0 spiro atoms. The molecule has 1 aromatic rings. The predicted molar refractivity (Wildman–Crippen MR) is 108 cm³/mol. The number of carbonyl (C=O) groups excluding carboxylic acids is 1. The number of guanidine groups is 1. The summed E-state index contributed by atoms with van der Waals surface area (Å²) < 4.78 is 13.4. The van der Waals surface area contributed by atoms with E-state index in [1.165, 1.54) is 6.07 Å². The number of hydrogen-bond acceptors (Lipinski definition) is 3. The summed E-state index contributed by atoms with van der Waals surface area (Å²) in [6.45, 7) is 8.38. The van der Waals surface area contributed by atoms with Gasteiger partial charge < -0.3 is 21.1 Å². The first-order valence-corrected chi connectivity index (χ1v) is 7.96. The lowest BCUT2D eigenvalue weighted by atomic mass is 10.1. The number of benzene rings is 1. The number of rotatable bonds is 6. The van der Waals surface area contributed by atoms with Gasteiger partial charge in [-0.15, -0.1) is 24.0 Å². The van der Waals surface area contributed by atoms with Gasteiger partial charge in [-0.2, -0.15) is 0 Å². The molecular formula is C17H28FIN4O2. The lowest BCUT2D eigenvalue weighted by Crippen LogP contribution is -2.48. The van der Waals surface area contributed by atoms with Crippen LogP contribution in [0.2, 0.25) is 0 Å². The Kier molecular flexibility index (Phi) is 10.6. The molecule has 0 radical (unpaired) electrons. The van der Waals surface area contributed by atoms with Gasteiger partial charge in [-0.25, -0.2) is 9.38 Å². The third-order valence-corrected chi connectivity index (χ3v) is 2.98. The van der Waals surface area contributed by atoms with Crippen molar-refractivity contribution in [2.75, 3.05) is 13.1 Å². The highest BCUT2D eigenvalue weighted by molar-refractivity contribution is 14.0. The quantitative estimate of drug-likeness (QED) is 0.293. The maximum absolute atomic E-state index is 13.4. The molecule has 0 aromatic heterocycles. The molecule has 0 bridgehead atoms. The van der Waals surface area contributed by atoms with Crippen LogP contribution in [0, 0.1) is 5.82 Å². The van der Waals surface area contributed by atoms with E-state index < -0.39 is 5.82 Å². The van der Waals surface area contributed by atoms with Crippen molar-refractivity contribution < 1.29 is 14.3 Å². The lowest BCUT2D eigenvalue weighted by Gasteiger charge is -2.21. The molecule has 142 valence electrons. The molecule has 0 aliphatic rings. The summed E-state index contributed by atoms with van der Waals surface area (Å²) in [6, 6.07) is 4.51. The fraction of sp³-hybridized carbons (Fsp3) is 0.529. The average Bonchev–Trinajstić information content (AvgIpc) is 2.49. The number of carbonyl (C=O) groups is 1. The molecule has 0 unspecified atom stereocenters. The van der Waals surface area contributed by atoms with E-state index in [1.54, 1.807) is 12.1 Å². The number of nitrogens with zero attached hydrogens (tertiary/aromatic N) is 1. The van der Waals surface area contributed by atoms with Crippen molar-refractivity contribution in [2.24, 2.45) is 4.99 Å². The van der Waals surface area contributed by atoms with Gasteiger partial charge in [-0.3, -0.25) is 4.79 Å². The average molecular weight is 466 g/mol. The molecule has 0 fully saturated rings. The summed E-state index contributed by atoms with van der Waals surface area (Å²) in [4.78, 5) is 16.2. The van der Waals surface area contributed by atoms with Crippen LogP contribution < -0.4 is 16.0 Å². The molecule has 0 aliphatic heterocycles. The molecule has 1 rings (SSSR count). The monoisotopic (exact) mass is 466 g/mol. The van der Waals surface area contributed by atoms with Gasteiger partial charge >= 0.3 is 0 Å². The van der Waals surface area contributed by atoms with Crippen LogP contribution in [0.3, 0.4) is 0 Å². The van der Waals surface area contributed by atoms with Gasteiger partial charge in [0.15, 0.2) is 5.96 Å². The molecule has 1 amide bonds. The minimum Gasteiger partial charge on any atom is -0.392 e. The Morgan fingerprint density at radius 2 is 1.96 bits per heavy atom. The zero-order valence-electron chi connectivity index (χ0n) is 15.1. The van der Waals surface area contributed by atoms with Crippen LogP contribution in [0.1, 0.15) is 38.8 Å². The van der Waals surface area contributed by atoms with E-state index in [0.717, 1.165) is 5.56 Å². The van der Waals surface area contributed by atoms with Crippen molar-refractivity contribution in [3.05, 3.63) is 35.1 Å². The maximum Gasteiger partial charge on any atom is 0.239 e. The molecule has 0 saturated carbocycles. The van der Waals surface area contributed by atoms with E-state index in [4.69, 9.17) is 5.11 Å². The number of halogens is 2. The molecule has 4 N–H and O–H groups in total. The van der Waals surface area contributed by atoms with Crippen molar-refractivity contribution in [1.29, 1.82) is 0 Å². The number of aliphatic hydroxyl groups is 1. The SMILES string of the molecule is CCNC(=NCc1ccc(F)c(CO)c1)NCC(=O)NC(C)(C)C.I. The van der Waals surface area contributed by atoms with Gasteiger partial charge in [-0.05, 0) is 45.4 Å². The van der Waals surface area contributed by atoms with E-state index in [-0.39, 0.29) is 54.1 Å². The number of aliphatic imine (C=N–C) groups is 1. The number of aliphatic hydroxyl groups excluding tert-OH is 1. The van der Waals surface area contributed by atoms with Crippen molar-refractivity contribution in [3.63, 3.8) is 0 Å². The second kappa shape index (κ2) is 11.2. The molecule has 0 atom stereocenters. The van der Waals surface area contributed by atoms with Crippen LogP contribution in [-0.4, -0.2) is 35.6 Å². The van der Waals surface area contributed by atoms with E-state index in [9.17, 15) is 9.18 Å². The Bertz CT molecular complexity index is 589. The molecule has 0 heterocycles. The molecular weight excluding hydrogens is 438 g/mol. The molecule has 0 saturated heterocycles. The second-order valence-electron chi connectivity index (χ2n) is 6.43. The summed E-state index contributed by atoms with van der Waals surface area (Å²) in [5.41, 5.74) is 0.727. The van der Waals surface area contributed by atoms with Gasteiger partial charge in [0.05, 0.1) is 19.7 Å². The van der Waals surface area contributed by atoms with Gasteiger partial charge in [0, 0.05) is 17.6 Å². The van der Waals surface area contributed by atoms with Crippen LogP contribution in [0.15, 0.2) is 23.2 Å². The zero-order chi connectivity index (χ0) is 18.2. The molecule has 1 aromatic carbocycles. The minimum absolute atomic E-state index is 0. The summed E-state index contributed by atoms with van der Waals surface area (Å²) in [5, 5.41) is 18.0. The third-order valence-electron chi connectivity index (χ3n) is 2.98. The summed E-state index contributed by atoms with van der Waals surface area (Å²) in [7, 11) is 0. The topological polar surface area (TPSA) is 85.8 Å². The fourth-order valence-electron chi connectivity index (χ4n) is 1.99. The van der Waals surface area contributed by atoms with Gasteiger partial charge in [0.2, 0.25) is 5.91 Å². The van der Waals surface area contributed by atoms with Crippen molar-refractivity contribution in [2.45, 2.75) is 46.4 Å². The summed E-state index contributed by atoms with van der Waals surface area (Å²) in [5.74, 6) is -0.0667. The molecule has 0 aliphatic carbocycles. The lowest BCUT2D eigenvalue weighted by molar-refractivity contribution is -0.121. The largest absolute Gasteiger partial charge is 0.392 e. The van der Waals surface area contributed by atoms with Crippen molar-refractivity contribution >= 4 is 35.8 Å². The van der Waals surface area contributed by atoms with Crippen LogP contribution in [0.5, 0.6) is 0 Å². The van der Waals surface area contributed by atoms with Crippen LogP contribution in [-0.2, 0) is 17.9 Å². The van der Waals surface area contributed by atoms with Gasteiger partial charge in [0.25, 0.3) is 0 Å². The predicted octanol–water partition coefficient (Wildman–Crippen LogP) is 1.91. The first-order valence-electron chi connectivity index (χ1n) is 7.96. The molecule has 25 heavy (non-hydrogen) atoms. The normalized spacial score (nSPS) is 11.5. The van der Waals surface area contributed by atoms with Gasteiger partial charge in [0.1, 0.15) is 5.82 Å². The molecule has 6 nitrogen and oxygen atoms in total. The maximum atomic E-state index is 13.4. The Balaban J connectivity index is 0.00000576. The zero-order valence-corrected chi connectivity index (χ0v) is 17.5. The minimum atomic E-state index is -0.436. The van der Waals surface area contributed by atoms with Gasteiger partial charge in [-0.1, -0.05) is 6.07 Å². The Morgan fingerprint density at radius 3 is 2.52 bits per heavy atom. The smallest absolute Gasteiger partial charge is 0.239 e. The van der Waals surface area contributed by atoms with Crippen molar-refractivity contribution in [1.82, 2.24) is 16.0 Å². The number of amides is 1. The van der Waals surface area contributed by atoms with Crippen LogP contribution >= 0.6 is 24.0 Å². The summed E-state index contributed by atoms with van der Waals surface area (Å²) >= 11 is 0. The van der Waals surface area contributed by atoms with Crippen LogP contribution in [0.4, 0.5) is 4.39 Å². The Hall–Kier alpha value is -1.42. The van der Waals surface area contributed by atoms with Crippen molar-refractivity contribution in [3.8, 4) is 0 Å². The summed E-state index contributed by atoms with van der Waals surface area (Å²) in [6.07, 6.45) is 0. The van der Waals surface area contributed by atoms with E-state index in [2.05, 4.69) is 20.9 Å². The van der Waals surface area contributed by atoms with E-state index in [1.807, 2.05) is 27.7 Å². The first kappa shape index (κ1) is 23.6. The van der Waals surface area contributed by atoms with E-state index >= 15 is 0 Å².